The molecular formula is C27H37N3O3Si. The van der Waals surface area contributed by atoms with Gasteiger partial charge in [0.15, 0.2) is 0 Å². The van der Waals surface area contributed by atoms with Crippen LogP contribution in [-0.4, -0.2) is 56.6 Å². The van der Waals surface area contributed by atoms with Gasteiger partial charge in [0.25, 0.3) is 0 Å². The van der Waals surface area contributed by atoms with E-state index >= 15 is 0 Å². The molecule has 1 aliphatic heterocycles. The zero-order valence-corrected chi connectivity index (χ0v) is 22.1. The minimum absolute atomic E-state index is 0.416. The zero-order valence-electron chi connectivity index (χ0n) is 21.1. The topological polar surface area (TPSA) is 48.8 Å². The van der Waals surface area contributed by atoms with Crippen molar-refractivity contribution in [1.29, 1.82) is 0 Å². The second kappa shape index (κ2) is 10.9. The number of aromatic nitrogens is 2. The number of fused-ring (bicyclic) bond motifs is 5. The Bertz CT molecular complexity index is 1100. The highest BCUT2D eigenvalue weighted by Gasteiger charge is 2.28. The van der Waals surface area contributed by atoms with Gasteiger partial charge in [0.1, 0.15) is 23.9 Å². The largest absolute Gasteiger partial charge is 0.456 e. The summed E-state index contributed by atoms with van der Waals surface area (Å²) in [6.07, 6.45) is 0.985. The Morgan fingerprint density at radius 1 is 0.912 bits per heavy atom. The molecule has 182 valence electrons. The first-order valence-corrected chi connectivity index (χ1v) is 15.8. The minimum Gasteiger partial charge on any atom is -0.456 e. The van der Waals surface area contributed by atoms with E-state index in [9.17, 15) is 0 Å². The summed E-state index contributed by atoms with van der Waals surface area (Å²) in [6, 6.07) is 17.4. The second-order valence-electron chi connectivity index (χ2n) is 10.3. The lowest BCUT2D eigenvalue weighted by Gasteiger charge is -2.16. The Hall–Kier alpha value is -2.45. The SMILES string of the molecule is CN(C)CCCOCc1c2c(nn1COCC[Si](C)(C)C)-c1ccccc1Oc1ccccc1-2. The van der Waals surface area contributed by atoms with Gasteiger partial charge in [0.05, 0.1) is 12.3 Å². The fraction of sp³-hybridized carbons (Fsp3) is 0.444. The van der Waals surface area contributed by atoms with Crippen LogP contribution in [0.4, 0.5) is 0 Å². The molecule has 0 atom stereocenters. The molecule has 2 heterocycles. The van der Waals surface area contributed by atoms with Gasteiger partial charge >= 0.3 is 0 Å². The number of benzene rings is 2. The molecule has 0 amide bonds. The Morgan fingerprint density at radius 2 is 1.59 bits per heavy atom. The third kappa shape index (κ3) is 5.96. The summed E-state index contributed by atoms with van der Waals surface area (Å²) in [6.45, 7) is 10.4. The smallest absolute Gasteiger partial charge is 0.139 e. The number of hydrogen-bond donors (Lipinski definition) is 0. The van der Waals surface area contributed by atoms with Gasteiger partial charge in [0, 0.05) is 38.0 Å². The first kappa shape index (κ1) is 24.7. The van der Waals surface area contributed by atoms with Gasteiger partial charge < -0.3 is 19.1 Å². The van der Waals surface area contributed by atoms with E-state index in [-0.39, 0.29) is 0 Å². The van der Waals surface area contributed by atoms with Crippen molar-refractivity contribution in [2.75, 3.05) is 33.9 Å². The van der Waals surface area contributed by atoms with Crippen LogP contribution in [0.5, 0.6) is 11.5 Å². The monoisotopic (exact) mass is 479 g/mol. The van der Waals surface area contributed by atoms with E-state index in [1.165, 1.54) is 0 Å². The number of rotatable bonds is 11. The summed E-state index contributed by atoms with van der Waals surface area (Å²) in [7, 11) is 3.01. The highest BCUT2D eigenvalue weighted by atomic mass is 28.3. The molecule has 2 aromatic carbocycles. The first-order chi connectivity index (χ1) is 16.3. The van der Waals surface area contributed by atoms with E-state index < -0.39 is 8.07 Å². The van der Waals surface area contributed by atoms with E-state index in [4.69, 9.17) is 19.3 Å². The van der Waals surface area contributed by atoms with E-state index in [0.717, 1.165) is 65.2 Å². The molecule has 6 nitrogen and oxygen atoms in total. The van der Waals surface area contributed by atoms with E-state index in [1.54, 1.807) is 0 Å². The number of para-hydroxylation sites is 2. The predicted molar refractivity (Wildman–Crippen MR) is 140 cm³/mol. The molecule has 4 rings (SSSR count). The van der Waals surface area contributed by atoms with Crippen molar-refractivity contribution in [2.45, 2.75) is 45.4 Å². The Balaban J connectivity index is 1.69. The lowest BCUT2D eigenvalue weighted by Crippen LogP contribution is -2.22. The van der Waals surface area contributed by atoms with Gasteiger partial charge in [-0.1, -0.05) is 50.0 Å². The van der Waals surface area contributed by atoms with Crippen LogP contribution in [0.2, 0.25) is 25.7 Å². The Kier molecular flexibility index (Phi) is 7.88. The quantitative estimate of drug-likeness (QED) is 0.192. The van der Waals surface area contributed by atoms with Crippen molar-refractivity contribution in [3.63, 3.8) is 0 Å². The van der Waals surface area contributed by atoms with Crippen molar-refractivity contribution < 1.29 is 14.2 Å². The molecule has 0 saturated carbocycles. The van der Waals surface area contributed by atoms with Gasteiger partial charge in [-0.05, 0) is 51.3 Å². The number of ether oxygens (including phenoxy) is 3. The molecular weight excluding hydrogens is 442 g/mol. The van der Waals surface area contributed by atoms with Crippen molar-refractivity contribution >= 4 is 8.07 Å². The van der Waals surface area contributed by atoms with Crippen molar-refractivity contribution in [3.05, 3.63) is 54.2 Å². The van der Waals surface area contributed by atoms with E-state index in [1.807, 2.05) is 41.1 Å². The summed E-state index contributed by atoms with van der Waals surface area (Å²) < 4.78 is 20.6. The van der Waals surface area contributed by atoms with Gasteiger partial charge in [0.2, 0.25) is 0 Å². The first-order valence-electron chi connectivity index (χ1n) is 12.1. The van der Waals surface area contributed by atoms with Crippen LogP contribution in [0.15, 0.2) is 48.5 Å². The van der Waals surface area contributed by atoms with Crippen LogP contribution in [-0.2, 0) is 22.8 Å². The van der Waals surface area contributed by atoms with Gasteiger partial charge in [-0.2, -0.15) is 5.10 Å². The molecule has 1 aliphatic rings. The minimum atomic E-state index is -1.16. The maximum Gasteiger partial charge on any atom is 0.139 e. The maximum atomic E-state index is 6.32. The average Bonchev–Trinajstić information content (AvgIpc) is 3.07. The van der Waals surface area contributed by atoms with Gasteiger partial charge in [-0.25, -0.2) is 4.68 Å². The highest BCUT2D eigenvalue weighted by molar-refractivity contribution is 6.76. The maximum absolute atomic E-state index is 6.32. The lowest BCUT2D eigenvalue weighted by atomic mass is 9.99. The number of nitrogens with zero attached hydrogens (tertiary/aromatic N) is 3. The van der Waals surface area contributed by atoms with Crippen LogP contribution in [0, 0.1) is 0 Å². The van der Waals surface area contributed by atoms with Gasteiger partial charge in [-0.15, -0.1) is 0 Å². The third-order valence-electron chi connectivity index (χ3n) is 5.92. The predicted octanol–water partition coefficient (Wildman–Crippen LogP) is 6.10. The number of hydrogen-bond acceptors (Lipinski definition) is 5. The summed E-state index contributed by atoms with van der Waals surface area (Å²) >= 11 is 0. The summed E-state index contributed by atoms with van der Waals surface area (Å²) in [5.74, 6) is 1.65. The van der Waals surface area contributed by atoms with Crippen LogP contribution in [0.3, 0.4) is 0 Å². The van der Waals surface area contributed by atoms with E-state index in [2.05, 4.69) is 50.8 Å². The molecule has 0 fully saturated rings. The second-order valence-corrected chi connectivity index (χ2v) is 15.9. The van der Waals surface area contributed by atoms with Crippen molar-refractivity contribution in [1.82, 2.24) is 14.7 Å². The third-order valence-corrected chi connectivity index (χ3v) is 7.62. The van der Waals surface area contributed by atoms with Crippen LogP contribution < -0.4 is 4.74 Å². The molecule has 1 aromatic heterocycles. The Labute approximate surface area is 204 Å². The fourth-order valence-electron chi connectivity index (χ4n) is 4.03. The van der Waals surface area contributed by atoms with Crippen LogP contribution in [0.25, 0.3) is 22.4 Å². The van der Waals surface area contributed by atoms with Crippen molar-refractivity contribution in [2.24, 2.45) is 0 Å². The molecule has 0 saturated heterocycles. The highest BCUT2D eigenvalue weighted by Crippen LogP contribution is 2.47. The molecule has 3 aromatic rings. The van der Waals surface area contributed by atoms with Crippen LogP contribution >= 0.6 is 0 Å². The molecule has 7 heteroatoms. The normalized spacial score (nSPS) is 12.6. The van der Waals surface area contributed by atoms with Gasteiger partial charge in [-0.3, -0.25) is 0 Å². The van der Waals surface area contributed by atoms with Crippen molar-refractivity contribution in [3.8, 4) is 33.9 Å². The molecule has 0 N–H and O–H groups in total. The summed E-state index contributed by atoms with van der Waals surface area (Å²) in [5, 5.41) is 5.05. The van der Waals surface area contributed by atoms with E-state index in [0.29, 0.717) is 19.9 Å². The zero-order chi connectivity index (χ0) is 24.1. The summed E-state index contributed by atoms with van der Waals surface area (Å²) in [5.41, 5.74) is 5.04. The molecule has 34 heavy (non-hydrogen) atoms. The molecule has 0 aliphatic carbocycles. The van der Waals surface area contributed by atoms with Crippen LogP contribution in [0.1, 0.15) is 12.1 Å². The Morgan fingerprint density at radius 3 is 2.29 bits per heavy atom. The lowest BCUT2D eigenvalue weighted by molar-refractivity contribution is 0.0637. The molecule has 0 spiro atoms. The standard InChI is InChI=1S/C27H37N3O3Si/c1-29(2)15-10-16-31-19-23-26-21-11-6-8-13-24(21)33-25-14-9-7-12-22(25)27(26)28-30(23)20-32-17-18-34(3,4)5/h6-9,11-14H,10,15-20H2,1-5H3. The molecule has 0 unspecified atom stereocenters. The molecule has 0 bridgehead atoms. The fourth-order valence-corrected chi connectivity index (χ4v) is 4.79. The summed E-state index contributed by atoms with van der Waals surface area (Å²) in [4.78, 5) is 2.18. The molecule has 0 radical (unpaired) electrons. The average molecular weight is 480 g/mol.